The molecule has 1 aliphatic carbocycles. The summed E-state index contributed by atoms with van der Waals surface area (Å²) in [5.74, 6) is 0.475. The summed E-state index contributed by atoms with van der Waals surface area (Å²) in [6.45, 7) is 2.38. The zero-order chi connectivity index (χ0) is 9.68. The van der Waals surface area contributed by atoms with Gasteiger partial charge in [0.2, 0.25) is 0 Å². The first-order valence-electron chi connectivity index (χ1n) is 4.09. The molecule has 1 aliphatic rings. The van der Waals surface area contributed by atoms with Gasteiger partial charge in [0.15, 0.2) is 0 Å². The van der Waals surface area contributed by atoms with E-state index >= 15 is 0 Å². The minimum Gasteiger partial charge on any atom is -0.409 e. The van der Waals surface area contributed by atoms with E-state index in [1.807, 2.05) is 19.1 Å². The normalized spacial score (nSPS) is 15.2. The van der Waals surface area contributed by atoms with Gasteiger partial charge < -0.3 is 10.1 Å². The van der Waals surface area contributed by atoms with Crippen LogP contribution in [0.5, 0.6) is 0 Å². The summed E-state index contributed by atoms with van der Waals surface area (Å²) < 4.78 is 4.96. The van der Waals surface area contributed by atoms with E-state index in [1.54, 1.807) is 6.08 Å². The number of carbonyl (C=O) groups excluding carboxylic acids is 1. The summed E-state index contributed by atoms with van der Waals surface area (Å²) in [6, 6.07) is 0. The van der Waals surface area contributed by atoms with Gasteiger partial charge in [-0.25, -0.2) is 4.79 Å². The number of thiocarbonyl (C=S) groups is 1. The Bertz CT molecular complexity index is 281. The van der Waals surface area contributed by atoms with Crippen LogP contribution < -0.4 is 5.32 Å². The van der Waals surface area contributed by atoms with Crippen molar-refractivity contribution in [2.24, 2.45) is 0 Å². The molecule has 70 valence electrons. The summed E-state index contributed by atoms with van der Waals surface area (Å²) >= 11 is 5.01. The Labute approximate surface area is 82.5 Å². The van der Waals surface area contributed by atoms with Crippen LogP contribution in [0.4, 0.5) is 4.79 Å². The lowest BCUT2D eigenvalue weighted by Gasteiger charge is -2.10. The van der Waals surface area contributed by atoms with Crippen LogP contribution in [0.1, 0.15) is 13.3 Å². The molecule has 1 N–H and O–H groups in total. The van der Waals surface area contributed by atoms with Gasteiger partial charge in [0.05, 0.1) is 4.86 Å². The van der Waals surface area contributed by atoms with E-state index in [1.165, 1.54) is 0 Å². The Morgan fingerprint density at radius 2 is 2.54 bits per heavy atom. The molecule has 0 aliphatic heterocycles. The van der Waals surface area contributed by atoms with E-state index in [-0.39, 0.29) is 0 Å². The van der Waals surface area contributed by atoms with Crippen molar-refractivity contribution in [1.82, 2.24) is 5.32 Å². The predicted molar refractivity (Wildman–Crippen MR) is 54.6 cm³/mol. The molecule has 0 atom stereocenters. The Kier molecular flexibility index (Phi) is 3.64. The van der Waals surface area contributed by atoms with Gasteiger partial charge >= 0.3 is 6.09 Å². The summed E-state index contributed by atoms with van der Waals surface area (Å²) in [5, 5.41) is 2.53. The van der Waals surface area contributed by atoms with E-state index in [2.05, 4.69) is 5.32 Å². The average molecular weight is 197 g/mol. The highest BCUT2D eigenvalue weighted by Crippen LogP contribution is 2.11. The molecule has 0 fully saturated rings. The molecule has 0 bridgehead atoms. The van der Waals surface area contributed by atoms with Gasteiger partial charge in [0, 0.05) is 13.0 Å². The highest BCUT2D eigenvalue weighted by Gasteiger charge is 2.11. The van der Waals surface area contributed by atoms with E-state index < -0.39 is 6.09 Å². The smallest absolute Gasteiger partial charge is 0.409 e. The van der Waals surface area contributed by atoms with Crippen LogP contribution in [0.25, 0.3) is 0 Å². The molecule has 0 unspecified atom stereocenters. The van der Waals surface area contributed by atoms with Crippen molar-refractivity contribution in [3.05, 3.63) is 24.0 Å². The Balaban J connectivity index is 2.52. The van der Waals surface area contributed by atoms with E-state index in [0.29, 0.717) is 23.6 Å². The number of allylic oxidation sites excluding steroid dienone is 4. The molecule has 0 saturated heterocycles. The molecule has 13 heavy (non-hydrogen) atoms. The summed E-state index contributed by atoms with van der Waals surface area (Å²) in [5.41, 5.74) is 0. The molecule has 0 radical (unpaired) electrons. The molecule has 4 heteroatoms. The van der Waals surface area contributed by atoms with Crippen molar-refractivity contribution in [2.45, 2.75) is 13.3 Å². The number of nitrogens with one attached hydrogen (secondary N) is 1. The fourth-order valence-electron chi connectivity index (χ4n) is 0.895. The largest absolute Gasteiger partial charge is 0.412 e. The molecular weight excluding hydrogens is 186 g/mol. The summed E-state index contributed by atoms with van der Waals surface area (Å²) in [6.07, 6.45) is 5.66. The predicted octanol–water partition coefficient (Wildman–Crippen LogP) is 1.95. The first-order chi connectivity index (χ1) is 6.24. The molecule has 0 spiro atoms. The van der Waals surface area contributed by atoms with Gasteiger partial charge in [0.25, 0.3) is 0 Å². The van der Waals surface area contributed by atoms with Gasteiger partial charge in [0.1, 0.15) is 5.76 Å². The summed E-state index contributed by atoms with van der Waals surface area (Å²) in [4.78, 5) is 11.7. The van der Waals surface area contributed by atoms with Crippen molar-refractivity contribution in [2.75, 3.05) is 6.54 Å². The van der Waals surface area contributed by atoms with E-state index in [4.69, 9.17) is 17.0 Å². The maximum Gasteiger partial charge on any atom is 0.412 e. The SMILES string of the molecule is CCNC(=O)OC1=CC=CCC1=S. The van der Waals surface area contributed by atoms with Gasteiger partial charge in [-0.05, 0) is 13.0 Å². The van der Waals surface area contributed by atoms with Crippen molar-refractivity contribution in [1.29, 1.82) is 0 Å². The third kappa shape index (κ3) is 2.99. The first-order valence-corrected chi connectivity index (χ1v) is 4.50. The van der Waals surface area contributed by atoms with Crippen LogP contribution in [-0.4, -0.2) is 17.5 Å². The minimum atomic E-state index is -0.452. The van der Waals surface area contributed by atoms with E-state index in [9.17, 15) is 4.79 Å². The van der Waals surface area contributed by atoms with Gasteiger partial charge in [-0.3, -0.25) is 0 Å². The van der Waals surface area contributed by atoms with E-state index in [0.717, 1.165) is 0 Å². The molecule has 0 saturated carbocycles. The number of rotatable bonds is 2. The second-order valence-corrected chi connectivity index (χ2v) is 3.00. The molecule has 0 aromatic carbocycles. The standard InChI is InChI=1S/C9H11NO2S/c1-2-10-9(11)12-7-5-3-4-6-8(7)13/h3-5H,2,6H2,1H3,(H,10,11). The lowest BCUT2D eigenvalue weighted by molar-refractivity contribution is 0.181. The monoisotopic (exact) mass is 197 g/mol. The molecule has 1 rings (SSSR count). The third-order valence-electron chi connectivity index (χ3n) is 1.49. The lowest BCUT2D eigenvalue weighted by atomic mass is 10.2. The fourth-order valence-corrected chi connectivity index (χ4v) is 1.10. The number of ether oxygens (including phenoxy) is 1. The van der Waals surface area contributed by atoms with Crippen molar-refractivity contribution >= 4 is 23.2 Å². The van der Waals surface area contributed by atoms with Crippen LogP contribution in [0.15, 0.2) is 24.0 Å². The van der Waals surface area contributed by atoms with Crippen LogP contribution in [0.2, 0.25) is 0 Å². The maximum absolute atomic E-state index is 11.0. The second-order valence-electron chi connectivity index (χ2n) is 2.51. The molecule has 0 aromatic heterocycles. The van der Waals surface area contributed by atoms with Crippen LogP contribution >= 0.6 is 12.2 Å². The Hall–Kier alpha value is -1.16. The highest BCUT2D eigenvalue weighted by molar-refractivity contribution is 7.80. The Morgan fingerprint density at radius 3 is 3.15 bits per heavy atom. The number of hydrogen-bond acceptors (Lipinski definition) is 3. The number of amides is 1. The number of alkyl carbamates (subject to hydrolysis) is 1. The third-order valence-corrected chi connectivity index (χ3v) is 1.85. The zero-order valence-electron chi connectivity index (χ0n) is 7.37. The second kappa shape index (κ2) is 4.77. The van der Waals surface area contributed by atoms with Crippen molar-refractivity contribution in [3.63, 3.8) is 0 Å². The lowest BCUT2D eigenvalue weighted by Crippen LogP contribution is -2.25. The average Bonchev–Trinajstić information content (AvgIpc) is 2.09. The molecule has 0 heterocycles. The first kappa shape index (κ1) is 9.92. The number of hydrogen-bond donors (Lipinski definition) is 1. The van der Waals surface area contributed by atoms with Gasteiger partial charge in [-0.2, -0.15) is 0 Å². The molecule has 1 amide bonds. The quantitative estimate of drug-likeness (QED) is 0.687. The number of carbonyl (C=O) groups is 1. The summed E-state index contributed by atoms with van der Waals surface area (Å²) in [7, 11) is 0. The zero-order valence-corrected chi connectivity index (χ0v) is 8.19. The molecular formula is C9H11NO2S. The van der Waals surface area contributed by atoms with Crippen molar-refractivity contribution in [3.8, 4) is 0 Å². The molecule has 0 aromatic rings. The van der Waals surface area contributed by atoms with Crippen molar-refractivity contribution < 1.29 is 9.53 Å². The van der Waals surface area contributed by atoms with Crippen LogP contribution in [0.3, 0.4) is 0 Å². The van der Waals surface area contributed by atoms with Crippen LogP contribution in [0, 0.1) is 0 Å². The maximum atomic E-state index is 11.0. The Morgan fingerprint density at radius 1 is 1.77 bits per heavy atom. The fraction of sp³-hybridized carbons (Fsp3) is 0.333. The van der Waals surface area contributed by atoms with Gasteiger partial charge in [-0.1, -0.05) is 24.4 Å². The topological polar surface area (TPSA) is 38.3 Å². The highest BCUT2D eigenvalue weighted by atomic mass is 32.1. The minimum absolute atomic E-state index is 0.452. The van der Waals surface area contributed by atoms with Crippen LogP contribution in [-0.2, 0) is 4.74 Å². The van der Waals surface area contributed by atoms with Gasteiger partial charge in [-0.15, -0.1) is 0 Å². The molecule has 3 nitrogen and oxygen atoms in total.